The fraction of sp³-hybridized carbons (Fsp3) is 0.0833. The van der Waals surface area contributed by atoms with Crippen molar-refractivity contribution in [2.45, 2.75) is 6.92 Å². The van der Waals surface area contributed by atoms with Gasteiger partial charge in [-0.15, -0.1) is 11.3 Å². The Labute approximate surface area is 103 Å². The van der Waals surface area contributed by atoms with Crippen LogP contribution in [0.2, 0.25) is 5.02 Å². The molecule has 0 fully saturated rings. The van der Waals surface area contributed by atoms with Crippen molar-refractivity contribution >= 4 is 34.8 Å². The smallest absolute Gasteiger partial charge is 0.137 e. The normalized spacial score (nSPS) is 11.1. The summed E-state index contributed by atoms with van der Waals surface area (Å²) in [7, 11) is 0. The van der Waals surface area contributed by atoms with E-state index in [9.17, 15) is 5.11 Å². The van der Waals surface area contributed by atoms with Crippen molar-refractivity contribution in [3.8, 4) is 5.75 Å². The zero-order valence-corrected chi connectivity index (χ0v) is 10.2. The van der Waals surface area contributed by atoms with Gasteiger partial charge >= 0.3 is 0 Å². The first-order valence-electron chi connectivity index (χ1n) is 4.73. The van der Waals surface area contributed by atoms with E-state index in [0.717, 1.165) is 16.1 Å². The molecule has 1 aromatic carbocycles. The Hall–Kier alpha value is -1.32. The SMILES string of the molecule is Cc1cc(N=Cc2cccs2)cc(Cl)c1O. The second-order valence-corrected chi connectivity index (χ2v) is 4.75. The molecule has 1 heterocycles. The van der Waals surface area contributed by atoms with Gasteiger partial charge in [-0.05, 0) is 36.1 Å². The molecule has 1 aromatic heterocycles. The number of phenolic OH excluding ortho intramolecular Hbond substituents is 1. The molecule has 0 bridgehead atoms. The van der Waals surface area contributed by atoms with Crippen molar-refractivity contribution in [1.82, 2.24) is 0 Å². The summed E-state index contributed by atoms with van der Waals surface area (Å²) >= 11 is 7.48. The summed E-state index contributed by atoms with van der Waals surface area (Å²) in [6.45, 7) is 1.80. The predicted molar refractivity (Wildman–Crippen MR) is 69.4 cm³/mol. The van der Waals surface area contributed by atoms with Gasteiger partial charge in [0.25, 0.3) is 0 Å². The Kier molecular flexibility index (Phi) is 3.27. The second-order valence-electron chi connectivity index (χ2n) is 3.37. The van der Waals surface area contributed by atoms with Gasteiger partial charge in [-0.3, -0.25) is 4.99 Å². The van der Waals surface area contributed by atoms with Gasteiger partial charge in [-0.2, -0.15) is 0 Å². The van der Waals surface area contributed by atoms with Crippen LogP contribution in [0.25, 0.3) is 0 Å². The maximum atomic E-state index is 9.50. The van der Waals surface area contributed by atoms with E-state index < -0.39 is 0 Å². The highest BCUT2D eigenvalue weighted by Gasteiger charge is 2.03. The quantitative estimate of drug-likeness (QED) is 0.799. The van der Waals surface area contributed by atoms with Crippen LogP contribution in [0, 0.1) is 6.92 Å². The van der Waals surface area contributed by atoms with Crippen LogP contribution in [-0.2, 0) is 0 Å². The van der Waals surface area contributed by atoms with Gasteiger partial charge in [0.15, 0.2) is 0 Å². The molecule has 0 atom stereocenters. The predicted octanol–water partition coefficient (Wildman–Crippen LogP) is 4.17. The maximum absolute atomic E-state index is 9.50. The highest BCUT2D eigenvalue weighted by Crippen LogP contribution is 2.31. The van der Waals surface area contributed by atoms with Gasteiger partial charge in [0.2, 0.25) is 0 Å². The molecule has 0 aliphatic heterocycles. The minimum absolute atomic E-state index is 0.122. The summed E-state index contributed by atoms with van der Waals surface area (Å²) in [4.78, 5) is 5.39. The number of aryl methyl sites for hydroxylation is 1. The first-order chi connectivity index (χ1) is 7.66. The van der Waals surface area contributed by atoms with Gasteiger partial charge in [-0.25, -0.2) is 0 Å². The van der Waals surface area contributed by atoms with Crippen LogP contribution in [0.5, 0.6) is 5.75 Å². The lowest BCUT2D eigenvalue weighted by Crippen LogP contribution is -1.77. The van der Waals surface area contributed by atoms with E-state index in [1.165, 1.54) is 0 Å². The Morgan fingerprint density at radius 3 is 2.88 bits per heavy atom. The van der Waals surface area contributed by atoms with Crippen LogP contribution in [0.1, 0.15) is 10.4 Å². The van der Waals surface area contributed by atoms with Gasteiger partial charge in [0, 0.05) is 11.1 Å². The number of halogens is 1. The average molecular weight is 252 g/mol. The highest BCUT2D eigenvalue weighted by atomic mass is 35.5. The number of rotatable bonds is 2. The zero-order chi connectivity index (χ0) is 11.5. The molecule has 0 saturated heterocycles. The minimum Gasteiger partial charge on any atom is -0.506 e. The fourth-order valence-corrected chi connectivity index (χ4v) is 2.14. The molecule has 2 aromatic rings. The fourth-order valence-electron chi connectivity index (χ4n) is 1.30. The van der Waals surface area contributed by atoms with E-state index in [1.807, 2.05) is 17.5 Å². The van der Waals surface area contributed by atoms with Crippen LogP contribution in [0.3, 0.4) is 0 Å². The molecule has 2 rings (SSSR count). The van der Waals surface area contributed by atoms with E-state index >= 15 is 0 Å². The van der Waals surface area contributed by atoms with E-state index in [0.29, 0.717) is 5.02 Å². The summed E-state index contributed by atoms with van der Waals surface area (Å²) in [5.74, 6) is 0.122. The highest BCUT2D eigenvalue weighted by molar-refractivity contribution is 7.11. The number of hydrogen-bond donors (Lipinski definition) is 1. The van der Waals surface area contributed by atoms with Crippen LogP contribution in [-0.4, -0.2) is 11.3 Å². The summed E-state index contributed by atoms with van der Waals surface area (Å²) in [5, 5.41) is 11.8. The Morgan fingerprint density at radius 1 is 1.44 bits per heavy atom. The van der Waals surface area contributed by atoms with Crippen molar-refractivity contribution < 1.29 is 5.11 Å². The molecule has 0 amide bonds. The molecule has 2 nitrogen and oxygen atoms in total. The number of hydrogen-bond acceptors (Lipinski definition) is 3. The lowest BCUT2D eigenvalue weighted by molar-refractivity contribution is 0.471. The number of thiophene rings is 1. The molecular formula is C12H10ClNOS. The van der Waals surface area contributed by atoms with E-state index in [4.69, 9.17) is 11.6 Å². The van der Waals surface area contributed by atoms with Crippen LogP contribution >= 0.6 is 22.9 Å². The first-order valence-corrected chi connectivity index (χ1v) is 5.99. The van der Waals surface area contributed by atoms with E-state index in [1.54, 1.807) is 36.6 Å². The lowest BCUT2D eigenvalue weighted by Gasteiger charge is -2.02. The number of aromatic hydroxyl groups is 1. The molecule has 0 spiro atoms. The molecule has 1 N–H and O–H groups in total. The third kappa shape index (κ3) is 2.43. The largest absolute Gasteiger partial charge is 0.506 e. The van der Waals surface area contributed by atoms with Crippen molar-refractivity contribution in [2.75, 3.05) is 0 Å². The molecular weight excluding hydrogens is 242 g/mol. The summed E-state index contributed by atoms with van der Waals surface area (Å²) in [6.07, 6.45) is 1.78. The first kappa shape index (κ1) is 11.2. The van der Waals surface area contributed by atoms with Gasteiger partial charge in [0.1, 0.15) is 5.75 Å². The Balaban J connectivity index is 2.29. The number of aliphatic imine (C=N–C) groups is 1. The molecule has 0 saturated carbocycles. The molecule has 4 heteroatoms. The van der Waals surface area contributed by atoms with Crippen molar-refractivity contribution in [3.05, 3.63) is 45.1 Å². The summed E-state index contributed by atoms with van der Waals surface area (Å²) in [6, 6.07) is 7.41. The average Bonchev–Trinajstić information content (AvgIpc) is 2.75. The Bertz CT molecular complexity index is 497. The van der Waals surface area contributed by atoms with E-state index in [2.05, 4.69) is 4.99 Å². The maximum Gasteiger partial charge on any atom is 0.137 e. The Morgan fingerprint density at radius 2 is 2.25 bits per heavy atom. The number of nitrogens with zero attached hydrogens (tertiary/aromatic N) is 1. The lowest BCUT2D eigenvalue weighted by atomic mass is 10.2. The minimum atomic E-state index is 0.122. The van der Waals surface area contributed by atoms with Crippen molar-refractivity contribution in [1.29, 1.82) is 0 Å². The van der Waals surface area contributed by atoms with Crippen molar-refractivity contribution in [3.63, 3.8) is 0 Å². The molecule has 0 unspecified atom stereocenters. The molecule has 16 heavy (non-hydrogen) atoms. The third-order valence-corrected chi connectivity index (χ3v) is 3.22. The van der Waals surface area contributed by atoms with Crippen LogP contribution < -0.4 is 0 Å². The summed E-state index contributed by atoms with van der Waals surface area (Å²) in [5.41, 5.74) is 1.47. The molecule has 82 valence electrons. The topological polar surface area (TPSA) is 32.6 Å². The summed E-state index contributed by atoms with van der Waals surface area (Å²) < 4.78 is 0. The van der Waals surface area contributed by atoms with Gasteiger partial charge in [-0.1, -0.05) is 17.7 Å². The number of benzene rings is 1. The van der Waals surface area contributed by atoms with Gasteiger partial charge < -0.3 is 5.11 Å². The van der Waals surface area contributed by atoms with Crippen LogP contribution in [0.15, 0.2) is 34.6 Å². The zero-order valence-electron chi connectivity index (χ0n) is 8.64. The molecule has 0 aliphatic rings. The van der Waals surface area contributed by atoms with Crippen LogP contribution in [0.4, 0.5) is 5.69 Å². The second kappa shape index (κ2) is 4.68. The monoisotopic (exact) mass is 251 g/mol. The molecule has 0 aliphatic carbocycles. The number of phenols is 1. The molecule has 0 radical (unpaired) electrons. The third-order valence-electron chi connectivity index (χ3n) is 2.12. The van der Waals surface area contributed by atoms with Gasteiger partial charge in [0.05, 0.1) is 10.7 Å². The van der Waals surface area contributed by atoms with E-state index in [-0.39, 0.29) is 5.75 Å². The van der Waals surface area contributed by atoms with Crippen molar-refractivity contribution in [2.24, 2.45) is 4.99 Å². The standard InChI is InChI=1S/C12H10ClNOS/c1-8-5-9(6-11(13)12(8)15)14-7-10-3-2-4-16-10/h2-7,15H,1H3.